The number of benzene rings is 2. The Bertz CT molecular complexity index is 1580. The van der Waals surface area contributed by atoms with Gasteiger partial charge < -0.3 is 0 Å². The molecule has 188 valence electrons. The van der Waals surface area contributed by atoms with Gasteiger partial charge in [-0.25, -0.2) is 5.01 Å². The van der Waals surface area contributed by atoms with Gasteiger partial charge >= 0.3 is 0 Å². The Morgan fingerprint density at radius 3 is 2.62 bits per heavy atom. The van der Waals surface area contributed by atoms with E-state index in [-0.39, 0.29) is 23.3 Å². The number of aromatic nitrogens is 4. The second-order valence-electron chi connectivity index (χ2n) is 9.44. The van der Waals surface area contributed by atoms with Crippen molar-refractivity contribution in [2.24, 2.45) is 5.10 Å². The minimum Gasteiger partial charge on any atom is -0.290 e. The van der Waals surface area contributed by atoms with Crippen LogP contribution in [0.4, 0.5) is 0 Å². The topological polar surface area (TPSA) is 95.7 Å². The molecule has 1 aliphatic heterocycles. The molecule has 8 nitrogen and oxygen atoms in total. The largest absolute Gasteiger partial charge is 0.290 e. The predicted octanol–water partition coefficient (Wildman–Crippen LogP) is 4.84. The molecule has 2 aromatic heterocycles. The highest BCUT2D eigenvalue weighted by atomic mass is 79.9. The number of aryl methyl sites for hydroxylation is 2. The van der Waals surface area contributed by atoms with Gasteiger partial charge in [0.15, 0.2) is 5.16 Å². The number of carbonyl (C=O) groups is 1. The van der Waals surface area contributed by atoms with E-state index in [9.17, 15) is 9.59 Å². The first-order valence-electron chi connectivity index (χ1n) is 12.3. The zero-order valence-corrected chi connectivity index (χ0v) is 22.7. The number of halogens is 1. The molecule has 0 spiro atoms. The molecule has 1 amide bonds. The van der Waals surface area contributed by atoms with E-state index in [4.69, 9.17) is 5.10 Å². The average molecular weight is 578 g/mol. The predicted molar refractivity (Wildman–Crippen MR) is 147 cm³/mol. The molecule has 0 fully saturated rings. The molecule has 6 rings (SSSR count). The number of nitrogens with one attached hydrogen (secondary N) is 1. The maximum atomic E-state index is 13.6. The van der Waals surface area contributed by atoms with Crippen LogP contribution in [0.1, 0.15) is 53.3 Å². The minimum absolute atomic E-state index is 0.0879. The van der Waals surface area contributed by atoms with Crippen molar-refractivity contribution in [2.45, 2.75) is 50.2 Å². The van der Waals surface area contributed by atoms with E-state index in [1.54, 1.807) is 5.01 Å². The summed E-state index contributed by atoms with van der Waals surface area (Å²) in [6.45, 7) is 2.05. The van der Waals surface area contributed by atoms with Crippen molar-refractivity contribution in [3.63, 3.8) is 0 Å². The summed E-state index contributed by atoms with van der Waals surface area (Å²) in [5, 5.41) is 15.5. The summed E-state index contributed by atoms with van der Waals surface area (Å²) in [4.78, 5) is 28.9. The summed E-state index contributed by atoms with van der Waals surface area (Å²) < 4.78 is 2.91. The third-order valence-electron chi connectivity index (χ3n) is 6.97. The van der Waals surface area contributed by atoms with E-state index in [0.717, 1.165) is 58.3 Å². The van der Waals surface area contributed by atoms with Crippen molar-refractivity contribution < 1.29 is 4.79 Å². The molecule has 4 aromatic rings. The van der Waals surface area contributed by atoms with Crippen molar-refractivity contribution in [1.29, 1.82) is 0 Å². The number of rotatable bonds is 5. The zero-order valence-electron chi connectivity index (χ0n) is 20.3. The number of fused-ring (bicyclic) bond motifs is 3. The molecule has 0 saturated heterocycles. The first kappa shape index (κ1) is 24.1. The van der Waals surface area contributed by atoms with Gasteiger partial charge in [-0.15, -0.1) is 10.2 Å². The van der Waals surface area contributed by atoms with Crippen molar-refractivity contribution >= 4 is 45.1 Å². The number of aromatic amines is 1. The van der Waals surface area contributed by atoms with Crippen LogP contribution in [0.5, 0.6) is 0 Å². The molecule has 0 bridgehead atoms. The first-order valence-corrected chi connectivity index (χ1v) is 14.1. The fraction of sp³-hybridized carbons (Fsp3) is 0.296. The van der Waals surface area contributed by atoms with Crippen molar-refractivity contribution in [1.82, 2.24) is 24.6 Å². The van der Waals surface area contributed by atoms with Gasteiger partial charge in [0, 0.05) is 22.2 Å². The van der Waals surface area contributed by atoms with Gasteiger partial charge in [0.1, 0.15) is 0 Å². The van der Waals surface area contributed by atoms with Gasteiger partial charge in [-0.1, -0.05) is 69.7 Å². The smallest absolute Gasteiger partial charge is 0.255 e. The van der Waals surface area contributed by atoms with Crippen LogP contribution in [0.25, 0.3) is 5.78 Å². The second kappa shape index (κ2) is 9.90. The molecule has 1 unspecified atom stereocenters. The Hall–Kier alpha value is -3.24. The molecule has 2 aromatic carbocycles. The quantitative estimate of drug-likeness (QED) is 0.343. The van der Waals surface area contributed by atoms with Crippen LogP contribution in [-0.4, -0.2) is 42.0 Å². The third kappa shape index (κ3) is 4.64. The molecule has 2 aliphatic rings. The Balaban J connectivity index is 1.29. The Labute approximate surface area is 226 Å². The van der Waals surface area contributed by atoms with Gasteiger partial charge in [0.2, 0.25) is 5.78 Å². The standard InChI is InChI=1S/C27H25BrN6O2S/c1-16-6-8-18(9-7-16)23-14-21(17-10-12-19(28)13-11-17)32-34(23)24(35)15-37-27-31-30-26-29-25(36)20-4-2-3-5-22(20)33(26)27/h6-13,23H,2-5,14-15H2,1H3,(H,29,30,36). The van der Waals surface area contributed by atoms with Crippen LogP contribution in [0.15, 0.2) is 68.1 Å². The number of hydrogen-bond acceptors (Lipinski definition) is 6. The van der Waals surface area contributed by atoms with Crippen LogP contribution in [0.2, 0.25) is 0 Å². The molecular formula is C27H25BrN6O2S. The summed E-state index contributed by atoms with van der Waals surface area (Å²) in [6.07, 6.45) is 4.22. The van der Waals surface area contributed by atoms with Gasteiger partial charge in [-0.3, -0.25) is 19.0 Å². The van der Waals surface area contributed by atoms with Crippen molar-refractivity contribution in [3.05, 3.63) is 91.3 Å². The average Bonchev–Trinajstić information content (AvgIpc) is 3.53. The molecule has 3 heterocycles. The summed E-state index contributed by atoms with van der Waals surface area (Å²) in [5.74, 6) is 0.487. The van der Waals surface area contributed by atoms with E-state index in [1.807, 2.05) is 28.7 Å². The fourth-order valence-electron chi connectivity index (χ4n) is 5.04. The van der Waals surface area contributed by atoms with Gasteiger partial charge in [0.05, 0.1) is 17.5 Å². The monoisotopic (exact) mass is 576 g/mol. The minimum atomic E-state index is -0.174. The van der Waals surface area contributed by atoms with E-state index >= 15 is 0 Å². The Morgan fingerprint density at radius 2 is 1.84 bits per heavy atom. The van der Waals surface area contributed by atoms with Gasteiger partial charge in [-0.05, 0) is 55.9 Å². The lowest BCUT2D eigenvalue weighted by Gasteiger charge is -2.22. The highest BCUT2D eigenvalue weighted by Gasteiger charge is 2.33. The maximum absolute atomic E-state index is 13.6. The fourth-order valence-corrected chi connectivity index (χ4v) is 6.12. The zero-order chi connectivity index (χ0) is 25.5. The van der Waals surface area contributed by atoms with Crippen LogP contribution < -0.4 is 5.56 Å². The van der Waals surface area contributed by atoms with E-state index in [2.05, 4.69) is 62.3 Å². The number of hydrazone groups is 1. The van der Waals surface area contributed by atoms with Crippen molar-refractivity contribution in [2.75, 3.05) is 5.75 Å². The Morgan fingerprint density at radius 1 is 1.08 bits per heavy atom. The lowest BCUT2D eigenvalue weighted by molar-refractivity contribution is -0.130. The molecule has 0 saturated carbocycles. The first-order chi connectivity index (χ1) is 18.0. The number of carbonyl (C=O) groups excluding carboxylic acids is 1. The number of nitrogens with zero attached hydrogens (tertiary/aromatic N) is 5. The van der Waals surface area contributed by atoms with Gasteiger partial charge in [0.25, 0.3) is 11.5 Å². The number of amides is 1. The van der Waals surface area contributed by atoms with Crippen LogP contribution in [0.3, 0.4) is 0 Å². The van der Waals surface area contributed by atoms with Gasteiger partial charge in [-0.2, -0.15) is 5.10 Å². The SMILES string of the molecule is Cc1ccc(C2CC(c3ccc(Br)cc3)=NN2C(=O)CSc2nnc3[nH]c(=O)c4c(n23)CCCC4)cc1. The lowest BCUT2D eigenvalue weighted by Crippen LogP contribution is -2.28. The summed E-state index contributed by atoms with van der Waals surface area (Å²) in [7, 11) is 0. The molecule has 1 atom stereocenters. The molecule has 1 aliphatic carbocycles. The number of H-pyrrole nitrogens is 1. The van der Waals surface area contributed by atoms with E-state index in [1.165, 1.54) is 17.3 Å². The maximum Gasteiger partial charge on any atom is 0.255 e. The number of thioether (sulfide) groups is 1. The summed E-state index contributed by atoms with van der Waals surface area (Å²) in [6, 6.07) is 16.1. The highest BCUT2D eigenvalue weighted by molar-refractivity contribution is 9.10. The van der Waals surface area contributed by atoms with E-state index < -0.39 is 0 Å². The summed E-state index contributed by atoms with van der Waals surface area (Å²) in [5.41, 5.74) is 5.78. The lowest BCUT2D eigenvalue weighted by atomic mass is 9.97. The number of hydrogen-bond donors (Lipinski definition) is 1. The molecular weight excluding hydrogens is 552 g/mol. The second-order valence-corrected chi connectivity index (χ2v) is 11.3. The highest BCUT2D eigenvalue weighted by Crippen LogP contribution is 2.34. The van der Waals surface area contributed by atoms with E-state index in [0.29, 0.717) is 17.4 Å². The van der Waals surface area contributed by atoms with Crippen molar-refractivity contribution in [3.8, 4) is 0 Å². The van der Waals surface area contributed by atoms with Crippen LogP contribution in [-0.2, 0) is 17.6 Å². The summed E-state index contributed by atoms with van der Waals surface area (Å²) >= 11 is 4.82. The molecule has 10 heteroatoms. The normalized spacial score (nSPS) is 17.2. The Kier molecular flexibility index (Phi) is 6.46. The van der Waals surface area contributed by atoms with Crippen LogP contribution in [0, 0.1) is 6.92 Å². The third-order valence-corrected chi connectivity index (χ3v) is 8.41. The molecule has 1 N–H and O–H groups in total. The van der Waals surface area contributed by atoms with Crippen LogP contribution >= 0.6 is 27.7 Å². The molecule has 37 heavy (non-hydrogen) atoms. The molecule has 0 radical (unpaired) electrons.